The average molecular weight is 318 g/mol. The quantitative estimate of drug-likeness (QED) is 0.890. The maximum Gasteiger partial charge on any atom is 0.254 e. The lowest BCUT2D eigenvalue weighted by atomic mass is 10.0. The second-order valence-corrected chi connectivity index (χ2v) is 6.66. The Labute approximate surface area is 135 Å². The summed E-state index contributed by atoms with van der Waals surface area (Å²) in [6.45, 7) is 8.03. The van der Waals surface area contributed by atoms with E-state index in [9.17, 15) is 9.18 Å². The first-order chi connectivity index (χ1) is 10.7. The summed E-state index contributed by atoms with van der Waals surface area (Å²) in [5, 5.41) is 7.14. The van der Waals surface area contributed by atoms with Crippen LogP contribution in [0.25, 0.3) is 5.69 Å². The summed E-state index contributed by atoms with van der Waals surface area (Å²) in [5.74, 6) is -0.440. The lowest BCUT2D eigenvalue weighted by Crippen LogP contribution is -2.45. The van der Waals surface area contributed by atoms with Gasteiger partial charge in [-0.3, -0.25) is 4.79 Å². The van der Waals surface area contributed by atoms with Crippen LogP contribution in [0.1, 0.15) is 49.7 Å². The number of rotatable bonds is 5. The van der Waals surface area contributed by atoms with Gasteiger partial charge in [0.25, 0.3) is 5.91 Å². The number of aromatic nitrogens is 2. The summed E-state index contributed by atoms with van der Waals surface area (Å²) in [6, 6.07) is 6.02. The van der Waals surface area contributed by atoms with Crippen molar-refractivity contribution in [3.63, 3.8) is 0 Å². The lowest BCUT2D eigenvalue weighted by molar-refractivity contribution is 0.0944. The highest BCUT2D eigenvalue weighted by Gasteiger charge is 2.22. The van der Waals surface area contributed by atoms with Gasteiger partial charge in [0, 0.05) is 12.1 Å². The van der Waals surface area contributed by atoms with Gasteiger partial charge in [-0.1, -0.05) is 13.8 Å². The molecule has 23 heavy (non-hydrogen) atoms. The summed E-state index contributed by atoms with van der Waals surface area (Å²) in [4.78, 5) is 12.4. The molecule has 1 aromatic heterocycles. The van der Waals surface area contributed by atoms with Gasteiger partial charge in [-0.15, -0.1) is 0 Å². The summed E-state index contributed by atoms with van der Waals surface area (Å²) in [6.07, 6.45) is 1.54. The van der Waals surface area contributed by atoms with E-state index in [0.717, 1.165) is 5.69 Å². The second kappa shape index (κ2) is 6.50. The molecule has 6 heteroatoms. The van der Waals surface area contributed by atoms with E-state index in [1.54, 1.807) is 16.8 Å². The molecule has 2 rings (SSSR count). The molecular weight excluding hydrogens is 295 g/mol. The van der Waals surface area contributed by atoms with E-state index in [2.05, 4.69) is 10.4 Å². The van der Waals surface area contributed by atoms with E-state index in [-0.39, 0.29) is 17.6 Å². The minimum atomic E-state index is -0.486. The Morgan fingerprint density at radius 2 is 1.96 bits per heavy atom. The topological polar surface area (TPSA) is 72.9 Å². The van der Waals surface area contributed by atoms with Gasteiger partial charge in [0.1, 0.15) is 5.82 Å². The minimum Gasteiger partial charge on any atom is -0.350 e. The van der Waals surface area contributed by atoms with Gasteiger partial charge >= 0.3 is 0 Å². The molecule has 5 nitrogen and oxygen atoms in total. The zero-order valence-corrected chi connectivity index (χ0v) is 13.9. The fourth-order valence-electron chi connectivity index (χ4n) is 2.28. The van der Waals surface area contributed by atoms with Crippen LogP contribution in [-0.2, 0) is 0 Å². The second-order valence-electron chi connectivity index (χ2n) is 6.66. The Morgan fingerprint density at radius 1 is 1.35 bits per heavy atom. The highest BCUT2D eigenvalue weighted by Crippen LogP contribution is 2.23. The molecule has 3 N–H and O–H groups in total. The monoisotopic (exact) mass is 318 g/mol. The van der Waals surface area contributed by atoms with Crippen molar-refractivity contribution in [3.05, 3.63) is 47.5 Å². The number of nitrogens with zero attached hydrogens (tertiary/aromatic N) is 2. The molecule has 124 valence electrons. The van der Waals surface area contributed by atoms with Crippen LogP contribution < -0.4 is 11.1 Å². The molecule has 0 saturated heterocycles. The highest BCUT2D eigenvalue weighted by atomic mass is 19.1. The van der Waals surface area contributed by atoms with Crippen molar-refractivity contribution >= 4 is 5.91 Å². The molecule has 0 bridgehead atoms. The van der Waals surface area contributed by atoms with Gasteiger partial charge in [0.15, 0.2) is 0 Å². The molecule has 1 aromatic carbocycles. The number of nitrogens with one attached hydrogen (secondary N) is 1. The number of benzene rings is 1. The van der Waals surface area contributed by atoms with E-state index in [1.165, 1.54) is 18.3 Å². The molecular formula is C17H23FN4O. The summed E-state index contributed by atoms with van der Waals surface area (Å²) < 4.78 is 14.8. The molecule has 0 unspecified atom stereocenters. The molecule has 1 amide bonds. The summed E-state index contributed by atoms with van der Waals surface area (Å²) in [5.41, 5.74) is 7.42. The Hall–Kier alpha value is -2.21. The predicted molar refractivity (Wildman–Crippen MR) is 88.2 cm³/mol. The van der Waals surface area contributed by atoms with E-state index in [4.69, 9.17) is 5.73 Å². The first-order valence-corrected chi connectivity index (χ1v) is 7.60. The molecule has 0 aliphatic carbocycles. The third kappa shape index (κ3) is 4.16. The van der Waals surface area contributed by atoms with Crippen LogP contribution in [0.15, 0.2) is 30.5 Å². The molecule has 0 spiro atoms. The number of hydrogen-bond donors (Lipinski definition) is 2. The molecule has 0 atom stereocenters. The van der Waals surface area contributed by atoms with Gasteiger partial charge in [-0.25, -0.2) is 9.07 Å². The van der Waals surface area contributed by atoms with Crippen molar-refractivity contribution in [3.8, 4) is 5.69 Å². The van der Waals surface area contributed by atoms with Crippen LogP contribution in [-0.4, -0.2) is 27.8 Å². The van der Waals surface area contributed by atoms with E-state index >= 15 is 0 Å². The Morgan fingerprint density at radius 3 is 2.48 bits per heavy atom. The Balaban J connectivity index is 2.35. The lowest BCUT2D eigenvalue weighted by Gasteiger charge is -2.19. The van der Waals surface area contributed by atoms with Crippen molar-refractivity contribution in [1.82, 2.24) is 15.1 Å². The smallest absolute Gasteiger partial charge is 0.254 e. The molecule has 0 fully saturated rings. The third-order valence-electron chi connectivity index (χ3n) is 3.37. The van der Waals surface area contributed by atoms with Crippen LogP contribution in [0.3, 0.4) is 0 Å². The largest absolute Gasteiger partial charge is 0.350 e. The van der Waals surface area contributed by atoms with E-state index < -0.39 is 5.54 Å². The fraction of sp³-hybridized carbons (Fsp3) is 0.412. The molecule has 0 aliphatic rings. The van der Waals surface area contributed by atoms with Crippen molar-refractivity contribution in [1.29, 1.82) is 0 Å². The Bertz CT molecular complexity index is 684. The Kier molecular flexibility index (Phi) is 4.85. The van der Waals surface area contributed by atoms with Crippen molar-refractivity contribution in [2.24, 2.45) is 5.73 Å². The average Bonchev–Trinajstić information content (AvgIpc) is 2.90. The zero-order chi connectivity index (χ0) is 17.2. The standard InChI is InChI=1S/C17H23FN4O/c1-11(2)15-14(16(23)20-10-17(3,4)19)9-21-22(15)13-7-5-12(18)6-8-13/h5-9,11H,10,19H2,1-4H3,(H,20,23). The van der Waals surface area contributed by atoms with Crippen LogP contribution in [0, 0.1) is 5.82 Å². The van der Waals surface area contributed by atoms with Gasteiger partial charge in [-0.2, -0.15) is 5.10 Å². The van der Waals surface area contributed by atoms with Crippen LogP contribution in [0.4, 0.5) is 4.39 Å². The highest BCUT2D eigenvalue weighted by molar-refractivity contribution is 5.95. The first-order valence-electron chi connectivity index (χ1n) is 7.60. The van der Waals surface area contributed by atoms with Gasteiger partial charge in [0.2, 0.25) is 0 Å². The van der Waals surface area contributed by atoms with Crippen LogP contribution >= 0.6 is 0 Å². The molecule has 0 aliphatic heterocycles. The SMILES string of the molecule is CC(C)c1c(C(=O)NCC(C)(C)N)cnn1-c1ccc(F)cc1. The normalized spacial score (nSPS) is 11.8. The number of hydrogen-bond acceptors (Lipinski definition) is 3. The van der Waals surface area contributed by atoms with Gasteiger partial charge in [0.05, 0.1) is 23.1 Å². The number of amides is 1. The molecule has 2 aromatic rings. The van der Waals surface area contributed by atoms with E-state index in [0.29, 0.717) is 17.8 Å². The fourth-order valence-corrected chi connectivity index (χ4v) is 2.28. The molecule has 1 heterocycles. The van der Waals surface area contributed by atoms with Gasteiger partial charge < -0.3 is 11.1 Å². The first kappa shape index (κ1) is 17.1. The molecule has 0 saturated carbocycles. The number of halogens is 1. The van der Waals surface area contributed by atoms with Crippen LogP contribution in [0.5, 0.6) is 0 Å². The third-order valence-corrected chi connectivity index (χ3v) is 3.37. The maximum absolute atomic E-state index is 13.1. The zero-order valence-electron chi connectivity index (χ0n) is 13.9. The predicted octanol–water partition coefficient (Wildman–Crippen LogP) is 2.60. The van der Waals surface area contributed by atoms with Crippen LogP contribution in [0.2, 0.25) is 0 Å². The number of carbonyl (C=O) groups is 1. The maximum atomic E-state index is 13.1. The summed E-state index contributed by atoms with van der Waals surface area (Å²) >= 11 is 0. The van der Waals surface area contributed by atoms with E-state index in [1.807, 2.05) is 27.7 Å². The number of carbonyl (C=O) groups excluding carboxylic acids is 1. The van der Waals surface area contributed by atoms with Crippen molar-refractivity contribution in [2.75, 3.05) is 6.54 Å². The van der Waals surface area contributed by atoms with Gasteiger partial charge in [-0.05, 0) is 44.0 Å². The summed E-state index contributed by atoms with van der Waals surface area (Å²) in [7, 11) is 0. The van der Waals surface area contributed by atoms with Crippen molar-refractivity contribution in [2.45, 2.75) is 39.2 Å². The molecule has 0 radical (unpaired) electrons. The minimum absolute atomic E-state index is 0.0780. The number of nitrogens with two attached hydrogens (primary N) is 1. The van der Waals surface area contributed by atoms with Crippen molar-refractivity contribution < 1.29 is 9.18 Å².